The van der Waals surface area contributed by atoms with Crippen LogP contribution in [0.3, 0.4) is 0 Å². The van der Waals surface area contributed by atoms with Gasteiger partial charge in [-0.1, -0.05) is 34.6 Å². The van der Waals surface area contributed by atoms with E-state index in [4.69, 9.17) is 0 Å². The number of carboxylic acids is 1. The third-order valence-corrected chi connectivity index (χ3v) is 3.65. The van der Waals surface area contributed by atoms with Crippen LogP contribution in [0.5, 0.6) is 0 Å². The molecule has 2 atom stereocenters. The molecule has 2 heteroatoms. The van der Waals surface area contributed by atoms with E-state index in [2.05, 4.69) is 20.8 Å². The molecule has 14 heavy (non-hydrogen) atoms. The van der Waals surface area contributed by atoms with Crippen LogP contribution >= 0.6 is 0 Å². The first kappa shape index (κ1) is 13.5. The molecule has 0 bridgehead atoms. The molecular weight excluding hydrogens is 176 g/mol. The first-order valence-electron chi connectivity index (χ1n) is 5.45. The minimum absolute atomic E-state index is 0.182. The van der Waals surface area contributed by atoms with Crippen molar-refractivity contribution in [1.29, 1.82) is 0 Å². The summed E-state index contributed by atoms with van der Waals surface area (Å²) in [5.74, 6) is 0.520. The average Bonchev–Trinajstić information content (AvgIpc) is 2.02. The molecule has 0 aromatic heterocycles. The van der Waals surface area contributed by atoms with Gasteiger partial charge in [-0.2, -0.15) is 0 Å². The van der Waals surface area contributed by atoms with Gasteiger partial charge in [0.2, 0.25) is 0 Å². The van der Waals surface area contributed by atoms with Gasteiger partial charge in [0.1, 0.15) is 0 Å². The lowest BCUT2D eigenvalue weighted by Crippen LogP contribution is -2.35. The summed E-state index contributed by atoms with van der Waals surface area (Å²) in [7, 11) is 0. The third-order valence-electron chi connectivity index (χ3n) is 3.65. The lowest BCUT2D eigenvalue weighted by Gasteiger charge is -2.33. The van der Waals surface area contributed by atoms with Crippen molar-refractivity contribution in [3.63, 3.8) is 0 Å². The molecule has 1 N–H and O–H groups in total. The summed E-state index contributed by atoms with van der Waals surface area (Å²) >= 11 is 0. The summed E-state index contributed by atoms with van der Waals surface area (Å²) < 4.78 is 0. The predicted octanol–water partition coefficient (Wildman–Crippen LogP) is 3.42. The van der Waals surface area contributed by atoms with Crippen molar-refractivity contribution < 1.29 is 9.90 Å². The van der Waals surface area contributed by atoms with Crippen molar-refractivity contribution in [2.45, 2.75) is 48.0 Å². The zero-order valence-electron chi connectivity index (χ0n) is 10.3. The molecule has 2 unspecified atom stereocenters. The summed E-state index contributed by atoms with van der Waals surface area (Å²) in [5.41, 5.74) is -0.580. The van der Waals surface area contributed by atoms with Crippen LogP contribution < -0.4 is 0 Å². The van der Waals surface area contributed by atoms with Crippen molar-refractivity contribution in [1.82, 2.24) is 0 Å². The zero-order chi connectivity index (χ0) is 11.5. The van der Waals surface area contributed by atoms with Gasteiger partial charge in [-0.05, 0) is 31.1 Å². The Kier molecular flexibility index (Phi) is 4.63. The predicted molar refractivity (Wildman–Crippen MR) is 59.2 cm³/mol. The van der Waals surface area contributed by atoms with E-state index in [1.807, 2.05) is 20.8 Å². The summed E-state index contributed by atoms with van der Waals surface area (Å²) in [6.07, 6.45) is 0.762. The Bertz CT molecular complexity index is 196. The van der Waals surface area contributed by atoms with Gasteiger partial charge in [-0.3, -0.25) is 4.79 Å². The van der Waals surface area contributed by atoms with Gasteiger partial charge in [0.05, 0.1) is 5.41 Å². The minimum atomic E-state index is -0.667. The lowest BCUT2D eigenvalue weighted by molar-refractivity contribution is -0.152. The molecule has 0 aliphatic carbocycles. The van der Waals surface area contributed by atoms with Gasteiger partial charge in [-0.25, -0.2) is 0 Å². The second-order valence-electron chi connectivity index (χ2n) is 5.30. The van der Waals surface area contributed by atoms with E-state index >= 15 is 0 Å². The molecule has 0 aliphatic rings. The van der Waals surface area contributed by atoms with Gasteiger partial charge >= 0.3 is 5.97 Å². The smallest absolute Gasteiger partial charge is 0.309 e. The number of aliphatic carboxylic acids is 1. The number of carbonyl (C=O) groups is 1. The number of hydrogen-bond acceptors (Lipinski definition) is 1. The van der Waals surface area contributed by atoms with Crippen molar-refractivity contribution in [3.05, 3.63) is 0 Å². The molecule has 0 aromatic carbocycles. The topological polar surface area (TPSA) is 37.3 Å². The van der Waals surface area contributed by atoms with Gasteiger partial charge in [0.15, 0.2) is 0 Å². The SMILES string of the molecule is CC(C)C(C)CC(C)(C(=O)O)C(C)C. The fourth-order valence-corrected chi connectivity index (χ4v) is 1.47. The molecule has 0 heterocycles. The highest BCUT2D eigenvalue weighted by Crippen LogP contribution is 2.36. The van der Waals surface area contributed by atoms with Crippen molar-refractivity contribution in [2.24, 2.45) is 23.2 Å². The van der Waals surface area contributed by atoms with Crippen LogP contribution in [0.2, 0.25) is 0 Å². The summed E-state index contributed by atoms with van der Waals surface area (Å²) in [4.78, 5) is 11.2. The maximum atomic E-state index is 11.2. The second-order valence-corrected chi connectivity index (χ2v) is 5.30. The highest BCUT2D eigenvalue weighted by molar-refractivity contribution is 5.74. The van der Waals surface area contributed by atoms with Gasteiger partial charge in [-0.15, -0.1) is 0 Å². The first-order valence-corrected chi connectivity index (χ1v) is 5.45. The Morgan fingerprint density at radius 1 is 1.21 bits per heavy atom. The van der Waals surface area contributed by atoms with Crippen LogP contribution in [0, 0.1) is 23.2 Å². The monoisotopic (exact) mass is 200 g/mol. The van der Waals surface area contributed by atoms with Crippen molar-refractivity contribution in [3.8, 4) is 0 Å². The van der Waals surface area contributed by atoms with E-state index < -0.39 is 11.4 Å². The zero-order valence-corrected chi connectivity index (χ0v) is 10.3. The minimum Gasteiger partial charge on any atom is -0.481 e. The van der Waals surface area contributed by atoms with Crippen molar-refractivity contribution in [2.75, 3.05) is 0 Å². The van der Waals surface area contributed by atoms with E-state index in [1.54, 1.807) is 0 Å². The molecule has 0 aromatic rings. The summed E-state index contributed by atoms with van der Waals surface area (Å²) in [6, 6.07) is 0. The normalized spacial score (nSPS) is 18.3. The molecule has 0 rings (SSSR count). The third kappa shape index (κ3) is 3.00. The molecule has 0 saturated carbocycles. The number of hydrogen-bond donors (Lipinski definition) is 1. The Morgan fingerprint density at radius 2 is 1.64 bits per heavy atom. The summed E-state index contributed by atoms with van der Waals surface area (Å²) in [5, 5.41) is 9.23. The highest BCUT2D eigenvalue weighted by atomic mass is 16.4. The molecule has 0 fully saturated rings. The Labute approximate surface area is 87.7 Å². The maximum absolute atomic E-state index is 11.2. The van der Waals surface area contributed by atoms with E-state index in [1.165, 1.54) is 0 Å². The largest absolute Gasteiger partial charge is 0.481 e. The fourth-order valence-electron chi connectivity index (χ4n) is 1.47. The highest BCUT2D eigenvalue weighted by Gasteiger charge is 2.38. The van der Waals surface area contributed by atoms with Crippen LogP contribution in [0.1, 0.15) is 48.0 Å². The quantitative estimate of drug-likeness (QED) is 0.738. The van der Waals surface area contributed by atoms with Crippen molar-refractivity contribution >= 4 is 5.97 Å². The molecule has 2 nitrogen and oxygen atoms in total. The standard InChI is InChI=1S/C12H24O2/c1-8(2)10(5)7-12(6,9(3)4)11(13)14/h8-10H,7H2,1-6H3,(H,13,14). The maximum Gasteiger partial charge on any atom is 0.309 e. The van der Waals surface area contributed by atoms with Gasteiger partial charge in [0, 0.05) is 0 Å². The van der Waals surface area contributed by atoms with Crippen LogP contribution in [0.15, 0.2) is 0 Å². The Balaban J connectivity index is 4.62. The first-order chi connectivity index (χ1) is 6.21. The Hall–Kier alpha value is -0.530. The van der Waals surface area contributed by atoms with Gasteiger partial charge in [0.25, 0.3) is 0 Å². The number of carboxylic acid groups (broad SMARTS) is 1. The average molecular weight is 200 g/mol. The summed E-state index contributed by atoms with van der Waals surface area (Å²) in [6.45, 7) is 12.3. The van der Waals surface area contributed by atoms with Crippen LogP contribution in [-0.2, 0) is 4.79 Å². The van der Waals surface area contributed by atoms with Crippen LogP contribution in [0.25, 0.3) is 0 Å². The van der Waals surface area contributed by atoms with Gasteiger partial charge < -0.3 is 5.11 Å². The number of rotatable bonds is 5. The Morgan fingerprint density at radius 3 is 1.86 bits per heavy atom. The van der Waals surface area contributed by atoms with E-state index in [9.17, 15) is 9.90 Å². The lowest BCUT2D eigenvalue weighted by atomic mass is 9.71. The molecule has 0 radical (unpaired) electrons. The van der Waals surface area contributed by atoms with Crippen LogP contribution in [-0.4, -0.2) is 11.1 Å². The molecule has 0 aliphatic heterocycles. The van der Waals surface area contributed by atoms with E-state index in [0.717, 1.165) is 6.42 Å². The fraction of sp³-hybridized carbons (Fsp3) is 0.917. The molecule has 0 saturated heterocycles. The molecule has 0 amide bonds. The van der Waals surface area contributed by atoms with E-state index in [-0.39, 0.29) is 5.92 Å². The van der Waals surface area contributed by atoms with Crippen LogP contribution in [0.4, 0.5) is 0 Å². The second kappa shape index (κ2) is 4.81. The molecule has 0 spiro atoms. The van der Waals surface area contributed by atoms with E-state index in [0.29, 0.717) is 11.8 Å². The molecular formula is C12H24O2. The molecule has 84 valence electrons.